The number of hydrogen-bond donors (Lipinski definition) is 0. The molecule has 16 heavy (non-hydrogen) atoms. The summed E-state index contributed by atoms with van der Waals surface area (Å²) < 4.78 is 37.0. The zero-order valence-electron chi connectivity index (χ0n) is 7.90. The van der Waals surface area contributed by atoms with Gasteiger partial charge >= 0.3 is 6.18 Å². The van der Waals surface area contributed by atoms with Crippen LogP contribution in [-0.2, 0) is 6.18 Å². The van der Waals surface area contributed by atoms with Crippen molar-refractivity contribution >= 4 is 15.9 Å². The lowest BCUT2D eigenvalue weighted by atomic mass is 10.0. The largest absolute Gasteiger partial charge is 0.416 e. The average molecular weight is 288 g/mol. The van der Waals surface area contributed by atoms with Gasteiger partial charge in [-0.3, -0.25) is 0 Å². The Labute approximate surface area is 99.0 Å². The molecular formula is C11H5BrF3N. The minimum absolute atomic E-state index is 0.0664. The van der Waals surface area contributed by atoms with Crippen molar-refractivity contribution in [1.82, 2.24) is 0 Å². The Bertz CT molecular complexity index is 489. The van der Waals surface area contributed by atoms with Crippen molar-refractivity contribution in [1.29, 1.82) is 5.26 Å². The van der Waals surface area contributed by atoms with E-state index in [4.69, 9.17) is 5.26 Å². The van der Waals surface area contributed by atoms with Crippen LogP contribution in [0.2, 0.25) is 0 Å². The molecular weight excluding hydrogens is 283 g/mol. The fourth-order valence-electron chi connectivity index (χ4n) is 1.05. The number of alkyl halides is 4. The highest BCUT2D eigenvalue weighted by Gasteiger charge is 2.30. The zero-order valence-corrected chi connectivity index (χ0v) is 9.48. The molecule has 1 nitrogen and oxygen atoms in total. The molecule has 0 aliphatic rings. The van der Waals surface area contributed by atoms with Crippen LogP contribution in [0.15, 0.2) is 18.2 Å². The van der Waals surface area contributed by atoms with Gasteiger partial charge in [0.15, 0.2) is 0 Å². The third-order valence-corrected chi connectivity index (χ3v) is 2.04. The topological polar surface area (TPSA) is 23.8 Å². The summed E-state index contributed by atoms with van der Waals surface area (Å²) in [7, 11) is 0. The van der Waals surface area contributed by atoms with E-state index in [2.05, 4.69) is 27.8 Å². The summed E-state index contributed by atoms with van der Waals surface area (Å²) in [6.45, 7) is 0. The first-order valence-corrected chi connectivity index (χ1v) is 5.27. The van der Waals surface area contributed by atoms with E-state index in [1.165, 1.54) is 6.07 Å². The van der Waals surface area contributed by atoms with Gasteiger partial charge in [-0.05, 0) is 18.2 Å². The Balaban J connectivity index is 3.24. The third kappa shape index (κ3) is 3.01. The number of rotatable bonds is 0. The molecule has 0 spiro atoms. The highest BCUT2D eigenvalue weighted by atomic mass is 79.9. The second-order valence-corrected chi connectivity index (χ2v) is 3.37. The number of benzene rings is 1. The molecule has 5 heteroatoms. The Morgan fingerprint density at radius 2 is 1.94 bits per heavy atom. The van der Waals surface area contributed by atoms with E-state index in [1.807, 2.05) is 0 Å². The maximum absolute atomic E-state index is 12.3. The second-order valence-electron chi connectivity index (χ2n) is 2.81. The number of hydrogen-bond acceptors (Lipinski definition) is 1. The van der Waals surface area contributed by atoms with Gasteiger partial charge in [0.2, 0.25) is 0 Å². The van der Waals surface area contributed by atoms with Gasteiger partial charge in [-0.2, -0.15) is 18.4 Å². The van der Waals surface area contributed by atoms with Gasteiger partial charge in [0.1, 0.15) is 6.07 Å². The Hall–Kier alpha value is -1.46. The monoisotopic (exact) mass is 287 g/mol. The van der Waals surface area contributed by atoms with Crippen LogP contribution in [0, 0.1) is 23.2 Å². The molecule has 0 fully saturated rings. The molecule has 1 rings (SSSR count). The van der Waals surface area contributed by atoms with Crippen molar-refractivity contribution in [2.75, 3.05) is 5.33 Å². The first-order valence-electron chi connectivity index (χ1n) is 4.15. The molecule has 1 aromatic carbocycles. The van der Waals surface area contributed by atoms with Crippen molar-refractivity contribution < 1.29 is 13.2 Å². The number of nitrogens with zero attached hydrogens (tertiary/aromatic N) is 1. The Morgan fingerprint density at radius 1 is 1.25 bits per heavy atom. The van der Waals surface area contributed by atoms with Crippen LogP contribution < -0.4 is 0 Å². The van der Waals surface area contributed by atoms with Crippen LogP contribution in [-0.4, -0.2) is 5.33 Å². The van der Waals surface area contributed by atoms with Crippen LogP contribution in [0.5, 0.6) is 0 Å². The summed E-state index contributed by atoms with van der Waals surface area (Å²) >= 11 is 3.06. The molecule has 0 unspecified atom stereocenters. The Morgan fingerprint density at radius 3 is 2.44 bits per heavy atom. The summed E-state index contributed by atoms with van der Waals surface area (Å²) in [5.41, 5.74) is -0.605. The van der Waals surface area contributed by atoms with Gasteiger partial charge in [0.25, 0.3) is 0 Å². The lowest BCUT2D eigenvalue weighted by Crippen LogP contribution is -2.05. The minimum atomic E-state index is -4.44. The molecule has 0 aliphatic carbocycles. The summed E-state index contributed by atoms with van der Waals surface area (Å²) in [5, 5.41) is 9.11. The van der Waals surface area contributed by atoms with Crippen LogP contribution in [0.3, 0.4) is 0 Å². The van der Waals surface area contributed by atoms with Gasteiger partial charge in [-0.15, -0.1) is 0 Å². The van der Waals surface area contributed by atoms with E-state index in [1.54, 1.807) is 6.07 Å². The van der Waals surface area contributed by atoms with Crippen LogP contribution in [0.4, 0.5) is 13.2 Å². The van der Waals surface area contributed by atoms with Crippen molar-refractivity contribution in [2.45, 2.75) is 6.18 Å². The van der Waals surface area contributed by atoms with Gasteiger partial charge in [-0.25, -0.2) is 0 Å². The molecule has 1 aromatic rings. The lowest BCUT2D eigenvalue weighted by molar-refractivity contribution is -0.137. The quantitative estimate of drug-likeness (QED) is 0.530. The van der Waals surface area contributed by atoms with Gasteiger partial charge < -0.3 is 0 Å². The normalized spacial score (nSPS) is 10.2. The van der Waals surface area contributed by atoms with E-state index in [0.29, 0.717) is 10.9 Å². The van der Waals surface area contributed by atoms with E-state index in [-0.39, 0.29) is 5.56 Å². The number of halogens is 4. The van der Waals surface area contributed by atoms with E-state index in [0.717, 1.165) is 12.1 Å². The van der Waals surface area contributed by atoms with Crippen LogP contribution >= 0.6 is 15.9 Å². The molecule has 0 bridgehead atoms. The number of nitriles is 1. The molecule has 0 aromatic heterocycles. The predicted octanol–water partition coefficient (Wildman–Crippen LogP) is 3.32. The van der Waals surface area contributed by atoms with Crippen molar-refractivity contribution in [3.8, 4) is 17.9 Å². The minimum Gasteiger partial charge on any atom is -0.192 e. The summed E-state index contributed by atoms with van der Waals surface area (Å²) in [6.07, 6.45) is -4.44. The second kappa shape index (κ2) is 5.05. The van der Waals surface area contributed by atoms with Crippen molar-refractivity contribution in [3.63, 3.8) is 0 Å². The molecule has 0 saturated heterocycles. The van der Waals surface area contributed by atoms with Crippen LogP contribution in [0.25, 0.3) is 0 Å². The molecule has 82 valence electrons. The average Bonchev–Trinajstić information content (AvgIpc) is 2.24. The van der Waals surface area contributed by atoms with E-state index >= 15 is 0 Å². The first-order chi connectivity index (χ1) is 7.49. The molecule has 0 radical (unpaired) electrons. The maximum Gasteiger partial charge on any atom is 0.416 e. The van der Waals surface area contributed by atoms with E-state index in [9.17, 15) is 13.2 Å². The fraction of sp³-hybridized carbons (Fsp3) is 0.182. The molecule has 0 heterocycles. The van der Waals surface area contributed by atoms with Crippen LogP contribution in [0.1, 0.15) is 16.7 Å². The highest BCUT2D eigenvalue weighted by Crippen LogP contribution is 2.30. The fourth-order valence-corrected chi connectivity index (χ4v) is 1.19. The smallest absolute Gasteiger partial charge is 0.192 e. The molecule has 0 amide bonds. The summed E-state index contributed by atoms with van der Waals surface area (Å²) in [6, 6.07) is 4.62. The first kappa shape index (κ1) is 12.6. The van der Waals surface area contributed by atoms with Gasteiger partial charge in [-0.1, -0.05) is 27.8 Å². The molecule has 0 aliphatic heterocycles. The summed E-state index contributed by atoms with van der Waals surface area (Å²) in [4.78, 5) is 0. The molecule has 0 saturated carbocycles. The standard InChI is InChI=1S/C11H5BrF3N/c12-5-1-2-8-3-4-10(11(13,14)15)6-9(8)7-16/h3-4,6H,5H2. The third-order valence-electron chi connectivity index (χ3n) is 1.76. The Kier molecular flexibility index (Phi) is 3.98. The van der Waals surface area contributed by atoms with E-state index < -0.39 is 11.7 Å². The van der Waals surface area contributed by atoms with Gasteiger partial charge in [0.05, 0.1) is 16.5 Å². The van der Waals surface area contributed by atoms with Crippen molar-refractivity contribution in [3.05, 3.63) is 34.9 Å². The maximum atomic E-state index is 12.3. The highest BCUT2D eigenvalue weighted by molar-refractivity contribution is 9.09. The SMILES string of the molecule is N#Cc1cc(C(F)(F)F)ccc1C#CCBr. The summed E-state index contributed by atoms with van der Waals surface area (Å²) in [5.74, 6) is 5.24. The zero-order chi connectivity index (χ0) is 12.2. The van der Waals surface area contributed by atoms with Gasteiger partial charge in [0, 0.05) is 5.56 Å². The lowest BCUT2D eigenvalue weighted by Gasteiger charge is -2.06. The molecule has 0 N–H and O–H groups in total. The predicted molar refractivity (Wildman–Crippen MR) is 56.8 cm³/mol. The van der Waals surface area contributed by atoms with Crippen molar-refractivity contribution in [2.24, 2.45) is 0 Å². The molecule has 0 atom stereocenters.